The van der Waals surface area contributed by atoms with Crippen molar-refractivity contribution in [3.63, 3.8) is 0 Å². The van der Waals surface area contributed by atoms with E-state index in [0.717, 1.165) is 6.42 Å². The zero-order valence-electron chi connectivity index (χ0n) is 10.8. The highest BCUT2D eigenvalue weighted by Crippen LogP contribution is 2.04. The Morgan fingerprint density at radius 3 is 2.59 bits per heavy atom. The van der Waals surface area contributed by atoms with Crippen LogP contribution in [0.4, 0.5) is 0 Å². The van der Waals surface area contributed by atoms with Crippen LogP contribution in [0, 0.1) is 5.92 Å². The maximum absolute atomic E-state index is 11.8. The number of nitrogens with one attached hydrogen (secondary N) is 1. The number of nitrogens with zero attached hydrogens (tertiary/aromatic N) is 1. The zero-order valence-corrected chi connectivity index (χ0v) is 10.8. The van der Waals surface area contributed by atoms with Gasteiger partial charge in [0.2, 0.25) is 5.91 Å². The predicted octanol–water partition coefficient (Wildman–Crippen LogP) is -0.158. The molecule has 17 heavy (non-hydrogen) atoms. The van der Waals surface area contributed by atoms with Gasteiger partial charge in [0.25, 0.3) is 0 Å². The van der Waals surface area contributed by atoms with Gasteiger partial charge in [-0.25, -0.2) is 0 Å². The Labute approximate surface area is 103 Å². The molecule has 1 saturated heterocycles. The van der Waals surface area contributed by atoms with Gasteiger partial charge in [-0.15, -0.1) is 0 Å². The molecule has 1 fully saturated rings. The van der Waals surface area contributed by atoms with E-state index in [1.165, 1.54) is 0 Å². The van der Waals surface area contributed by atoms with E-state index in [0.29, 0.717) is 38.8 Å². The molecule has 1 atom stereocenters. The lowest BCUT2D eigenvalue weighted by Gasteiger charge is -2.28. The molecule has 1 unspecified atom stereocenters. The highest BCUT2D eigenvalue weighted by Gasteiger charge is 2.18. The van der Waals surface area contributed by atoms with Gasteiger partial charge in [-0.3, -0.25) is 4.79 Å². The summed E-state index contributed by atoms with van der Waals surface area (Å²) >= 11 is 0. The smallest absolute Gasteiger partial charge is 0.236 e. The number of rotatable bonds is 6. The molecule has 100 valence electrons. The first-order valence-electron chi connectivity index (χ1n) is 6.33. The van der Waals surface area contributed by atoms with E-state index in [-0.39, 0.29) is 18.6 Å². The Bertz CT molecular complexity index is 228. The Balaban J connectivity index is 2.25. The summed E-state index contributed by atoms with van der Waals surface area (Å²) in [6.07, 6.45) is 0.882. The van der Waals surface area contributed by atoms with Crippen LogP contribution in [0.3, 0.4) is 0 Å². The van der Waals surface area contributed by atoms with Crippen molar-refractivity contribution >= 4 is 5.91 Å². The van der Waals surface area contributed by atoms with Crippen molar-refractivity contribution in [1.29, 1.82) is 0 Å². The molecular formula is C12H24N2O3. The topological polar surface area (TPSA) is 61.8 Å². The van der Waals surface area contributed by atoms with Gasteiger partial charge in [-0.2, -0.15) is 0 Å². The van der Waals surface area contributed by atoms with Gasteiger partial charge in [0, 0.05) is 19.1 Å². The van der Waals surface area contributed by atoms with Crippen LogP contribution in [-0.2, 0) is 9.53 Å². The molecule has 1 rings (SSSR count). The van der Waals surface area contributed by atoms with Gasteiger partial charge in [0.15, 0.2) is 0 Å². The number of amides is 1. The second-order valence-corrected chi connectivity index (χ2v) is 4.88. The van der Waals surface area contributed by atoms with E-state index < -0.39 is 0 Å². The average Bonchev–Trinajstić information content (AvgIpc) is 2.34. The molecule has 0 radical (unpaired) electrons. The zero-order chi connectivity index (χ0) is 12.7. The summed E-state index contributed by atoms with van der Waals surface area (Å²) in [6.45, 7) is 7.19. The minimum absolute atomic E-state index is 0.0139. The van der Waals surface area contributed by atoms with E-state index in [1.54, 1.807) is 4.90 Å². The first-order valence-corrected chi connectivity index (χ1v) is 6.33. The molecule has 5 nitrogen and oxygen atoms in total. The third-order valence-corrected chi connectivity index (χ3v) is 2.88. The lowest BCUT2D eigenvalue weighted by Crippen LogP contribution is -2.47. The van der Waals surface area contributed by atoms with E-state index >= 15 is 0 Å². The number of morpholine rings is 1. The number of hydrogen-bond donors (Lipinski definition) is 2. The average molecular weight is 244 g/mol. The predicted molar refractivity (Wildman–Crippen MR) is 65.7 cm³/mol. The summed E-state index contributed by atoms with van der Waals surface area (Å²) < 4.78 is 5.19. The maximum atomic E-state index is 11.8. The standard InChI is InChI=1S/C12H24N2O3/c1-10(2)7-11(9-15)13-8-12(16)14-3-5-17-6-4-14/h10-11,13,15H,3-9H2,1-2H3. The fourth-order valence-corrected chi connectivity index (χ4v) is 1.95. The van der Waals surface area contributed by atoms with Crippen molar-refractivity contribution in [1.82, 2.24) is 10.2 Å². The quantitative estimate of drug-likeness (QED) is 0.682. The lowest BCUT2D eigenvalue weighted by atomic mass is 10.0. The van der Waals surface area contributed by atoms with Crippen LogP contribution < -0.4 is 5.32 Å². The van der Waals surface area contributed by atoms with Crippen LogP contribution in [-0.4, -0.2) is 61.4 Å². The molecule has 1 aliphatic rings. The molecule has 1 aliphatic heterocycles. The Morgan fingerprint density at radius 2 is 2.06 bits per heavy atom. The Hall–Kier alpha value is -0.650. The van der Waals surface area contributed by atoms with Crippen LogP contribution in [0.1, 0.15) is 20.3 Å². The number of ether oxygens (including phenoxy) is 1. The molecule has 0 aliphatic carbocycles. The molecule has 0 aromatic rings. The number of hydrogen-bond acceptors (Lipinski definition) is 4. The van der Waals surface area contributed by atoms with Gasteiger partial charge in [-0.1, -0.05) is 13.8 Å². The highest BCUT2D eigenvalue weighted by atomic mass is 16.5. The van der Waals surface area contributed by atoms with Crippen molar-refractivity contribution in [2.75, 3.05) is 39.5 Å². The summed E-state index contributed by atoms with van der Waals surface area (Å²) in [5.41, 5.74) is 0. The molecule has 0 bridgehead atoms. The van der Waals surface area contributed by atoms with Crippen LogP contribution in [0.5, 0.6) is 0 Å². The van der Waals surface area contributed by atoms with Crippen molar-refractivity contribution in [2.45, 2.75) is 26.3 Å². The van der Waals surface area contributed by atoms with Gasteiger partial charge in [0.1, 0.15) is 0 Å². The Morgan fingerprint density at radius 1 is 1.41 bits per heavy atom. The maximum Gasteiger partial charge on any atom is 0.236 e. The second-order valence-electron chi connectivity index (χ2n) is 4.88. The number of carbonyl (C=O) groups excluding carboxylic acids is 1. The third-order valence-electron chi connectivity index (χ3n) is 2.88. The fraction of sp³-hybridized carbons (Fsp3) is 0.917. The second kappa shape index (κ2) is 7.63. The van der Waals surface area contributed by atoms with Crippen LogP contribution in [0.25, 0.3) is 0 Å². The van der Waals surface area contributed by atoms with Gasteiger partial charge in [-0.05, 0) is 12.3 Å². The monoisotopic (exact) mass is 244 g/mol. The molecule has 2 N–H and O–H groups in total. The molecule has 1 amide bonds. The minimum atomic E-state index is 0.0139. The van der Waals surface area contributed by atoms with E-state index in [4.69, 9.17) is 4.74 Å². The van der Waals surface area contributed by atoms with Crippen LogP contribution >= 0.6 is 0 Å². The minimum Gasteiger partial charge on any atom is -0.395 e. The fourth-order valence-electron chi connectivity index (χ4n) is 1.95. The third kappa shape index (κ3) is 5.48. The molecule has 0 saturated carbocycles. The largest absolute Gasteiger partial charge is 0.395 e. The molecule has 5 heteroatoms. The van der Waals surface area contributed by atoms with Crippen molar-refractivity contribution < 1.29 is 14.6 Å². The summed E-state index contributed by atoms with van der Waals surface area (Å²) in [6, 6.07) is 0.0139. The number of carbonyl (C=O) groups is 1. The summed E-state index contributed by atoms with van der Waals surface area (Å²) in [5, 5.41) is 12.3. The SMILES string of the molecule is CC(C)CC(CO)NCC(=O)N1CCOCC1. The first kappa shape index (κ1) is 14.4. The van der Waals surface area contributed by atoms with Gasteiger partial charge >= 0.3 is 0 Å². The molecule has 1 heterocycles. The van der Waals surface area contributed by atoms with Crippen molar-refractivity contribution in [2.24, 2.45) is 5.92 Å². The van der Waals surface area contributed by atoms with Crippen LogP contribution in [0.2, 0.25) is 0 Å². The van der Waals surface area contributed by atoms with E-state index in [9.17, 15) is 9.90 Å². The molecule has 0 spiro atoms. The number of aliphatic hydroxyl groups is 1. The van der Waals surface area contributed by atoms with Gasteiger partial charge in [0.05, 0.1) is 26.4 Å². The molecule has 0 aromatic carbocycles. The van der Waals surface area contributed by atoms with E-state index in [1.807, 2.05) is 0 Å². The normalized spacial score (nSPS) is 18.5. The van der Waals surface area contributed by atoms with Gasteiger partial charge < -0.3 is 20.1 Å². The summed E-state index contributed by atoms with van der Waals surface area (Å²) in [7, 11) is 0. The van der Waals surface area contributed by atoms with Crippen molar-refractivity contribution in [3.05, 3.63) is 0 Å². The van der Waals surface area contributed by atoms with Crippen LogP contribution in [0.15, 0.2) is 0 Å². The molecular weight excluding hydrogens is 220 g/mol. The summed E-state index contributed by atoms with van der Waals surface area (Å²) in [5.74, 6) is 0.605. The Kier molecular flexibility index (Phi) is 6.47. The highest BCUT2D eigenvalue weighted by molar-refractivity contribution is 5.78. The lowest BCUT2D eigenvalue weighted by molar-refractivity contribution is -0.134. The summed E-state index contributed by atoms with van der Waals surface area (Å²) in [4.78, 5) is 13.6. The molecule has 0 aromatic heterocycles. The van der Waals surface area contributed by atoms with E-state index in [2.05, 4.69) is 19.2 Å². The number of aliphatic hydroxyl groups excluding tert-OH is 1. The van der Waals surface area contributed by atoms with Crippen molar-refractivity contribution in [3.8, 4) is 0 Å². The first-order chi connectivity index (χ1) is 8.13.